The lowest BCUT2D eigenvalue weighted by atomic mass is 10.1. The number of rotatable bonds is 13. The second kappa shape index (κ2) is 12.3. The van der Waals surface area contributed by atoms with Crippen LogP contribution in [0.3, 0.4) is 0 Å². The normalized spacial score (nSPS) is 18.0. The van der Waals surface area contributed by atoms with Gasteiger partial charge >= 0.3 is 5.97 Å². The van der Waals surface area contributed by atoms with E-state index in [1.165, 1.54) is 0 Å². The fourth-order valence-electron chi connectivity index (χ4n) is 3.28. The van der Waals surface area contributed by atoms with Crippen LogP contribution in [0.15, 0.2) is 0 Å². The molecule has 0 aromatic rings. The van der Waals surface area contributed by atoms with Gasteiger partial charge in [-0.15, -0.1) is 0 Å². The summed E-state index contributed by atoms with van der Waals surface area (Å²) >= 11 is 0. The maximum Gasteiger partial charge on any atom is 0.326 e. The molecule has 6 amide bonds. The van der Waals surface area contributed by atoms with E-state index in [0.717, 1.165) is 4.90 Å². The van der Waals surface area contributed by atoms with Gasteiger partial charge in [0.2, 0.25) is 35.4 Å². The van der Waals surface area contributed by atoms with Gasteiger partial charge in [0.15, 0.2) is 0 Å². The third-order valence-corrected chi connectivity index (χ3v) is 4.92. The van der Waals surface area contributed by atoms with Gasteiger partial charge in [-0.1, -0.05) is 0 Å². The molecule has 0 aromatic carbocycles. The molecule has 184 valence electrons. The van der Waals surface area contributed by atoms with E-state index in [-0.39, 0.29) is 25.8 Å². The summed E-state index contributed by atoms with van der Waals surface area (Å²) in [6.07, 6.45) is -0.942. The van der Waals surface area contributed by atoms with Gasteiger partial charge < -0.3 is 43.6 Å². The zero-order valence-corrected chi connectivity index (χ0v) is 17.8. The molecule has 33 heavy (non-hydrogen) atoms. The van der Waals surface area contributed by atoms with Gasteiger partial charge in [0.05, 0.1) is 18.9 Å². The number of carbonyl (C=O) groups excluding carboxylic acids is 6. The Morgan fingerprint density at radius 2 is 1.48 bits per heavy atom. The highest BCUT2D eigenvalue weighted by atomic mass is 16.4. The summed E-state index contributed by atoms with van der Waals surface area (Å²) in [6.45, 7) is 0.0866. The van der Waals surface area contributed by atoms with Gasteiger partial charge in [0, 0.05) is 13.0 Å². The van der Waals surface area contributed by atoms with E-state index in [0.29, 0.717) is 6.42 Å². The van der Waals surface area contributed by atoms with Crippen molar-refractivity contribution in [2.75, 3.05) is 6.54 Å². The van der Waals surface area contributed by atoms with E-state index in [4.69, 9.17) is 28.0 Å². The zero-order valence-electron chi connectivity index (χ0n) is 17.8. The number of carboxylic acid groups (broad SMARTS) is 1. The lowest BCUT2D eigenvalue weighted by molar-refractivity contribution is -0.146. The van der Waals surface area contributed by atoms with Crippen molar-refractivity contribution in [3.8, 4) is 0 Å². The highest BCUT2D eigenvalue weighted by molar-refractivity contribution is 5.97. The summed E-state index contributed by atoms with van der Waals surface area (Å²) < 4.78 is 0. The SMILES string of the molecule is NC(=O)CCC(N)C(=O)NC(CC(N)=O)C(=O)N1CCCC1C(=O)NC(CC(N)=O)C(=O)O. The van der Waals surface area contributed by atoms with E-state index in [2.05, 4.69) is 10.6 Å². The topological polar surface area (TPSA) is 271 Å². The third kappa shape index (κ3) is 8.72. The number of nitrogens with one attached hydrogen (secondary N) is 2. The molecule has 0 saturated carbocycles. The molecule has 1 heterocycles. The van der Waals surface area contributed by atoms with Crippen molar-refractivity contribution in [1.82, 2.24) is 15.5 Å². The van der Waals surface area contributed by atoms with Gasteiger partial charge in [0.25, 0.3) is 0 Å². The minimum Gasteiger partial charge on any atom is -0.480 e. The Kier molecular flexibility index (Phi) is 10.2. The number of primary amides is 3. The second-order valence-corrected chi connectivity index (χ2v) is 7.60. The molecule has 0 aliphatic carbocycles. The Bertz CT molecular complexity index is 818. The van der Waals surface area contributed by atoms with Crippen molar-refractivity contribution in [3.63, 3.8) is 0 Å². The number of hydrogen-bond donors (Lipinski definition) is 7. The fraction of sp³-hybridized carbons (Fsp3) is 0.611. The summed E-state index contributed by atoms with van der Waals surface area (Å²) in [4.78, 5) is 83.7. The van der Waals surface area contributed by atoms with Gasteiger partial charge in [0.1, 0.15) is 18.1 Å². The number of carboxylic acids is 1. The molecule has 0 spiro atoms. The van der Waals surface area contributed by atoms with Crippen molar-refractivity contribution in [2.45, 2.75) is 62.7 Å². The first-order valence-corrected chi connectivity index (χ1v) is 10.1. The molecule has 1 saturated heterocycles. The molecule has 1 aliphatic heterocycles. The Morgan fingerprint density at radius 3 is 2.00 bits per heavy atom. The smallest absolute Gasteiger partial charge is 0.326 e. The summed E-state index contributed by atoms with van der Waals surface area (Å²) in [7, 11) is 0. The monoisotopic (exact) mass is 471 g/mol. The lowest BCUT2D eigenvalue weighted by Crippen LogP contribution is -2.57. The molecule has 4 atom stereocenters. The number of hydrogen-bond acceptors (Lipinski definition) is 8. The van der Waals surface area contributed by atoms with Crippen LogP contribution in [0.1, 0.15) is 38.5 Å². The highest BCUT2D eigenvalue weighted by Crippen LogP contribution is 2.20. The van der Waals surface area contributed by atoms with Crippen LogP contribution in [0.4, 0.5) is 0 Å². The number of nitrogens with zero attached hydrogens (tertiary/aromatic N) is 1. The number of likely N-dealkylation sites (tertiary alicyclic amines) is 1. The quantitative estimate of drug-likeness (QED) is 0.136. The van der Waals surface area contributed by atoms with Crippen LogP contribution in [0, 0.1) is 0 Å². The minimum absolute atomic E-state index is 0.0866. The number of nitrogens with two attached hydrogens (primary N) is 4. The van der Waals surface area contributed by atoms with Gasteiger partial charge in [-0.3, -0.25) is 28.8 Å². The minimum atomic E-state index is -1.59. The van der Waals surface area contributed by atoms with Crippen LogP contribution in [0.2, 0.25) is 0 Å². The summed E-state index contributed by atoms with van der Waals surface area (Å²) in [5.74, 6) is -6.48. The van der Waals surface area contributed by atoms with E-state index >= 15 is 0 Å². The predicted molar refractivity (Wildman–Crippen MR) is 110 cm³/mol. The van der Waals surface area contributed by atoms with Crippen LogP contribution in [0.25, 0.3) is 0 Å². The number of amides is 6. The van der Waals surface area contributed by atoms with Crippen LogP contribution in [0.5, 0.6) is 0 Å². The second-order valence-electron chi connectivity index (χ2n) is 7.60. The lowest BCUT2D eigenvalue weighted by Gasteiger charge is -2.29. The molecule has 4 unspecified atom stereocenters. The Morgan fingerprint density at radius 1 is 0.909 bits per heavy atom. The van der Waals surface area contributed by atoms with E-state index in [9.17, 15) is 33.6 Å². The van der Waals surface area contributed by atoms with Crippen molar-refractivity contribution in [2.24, 2.45) is 22.9 Å². The number of carbonyl (C=O) groups is 7. The summed E-state index contributed by atoms with van der Waals surface area (Å²) in [5, 5.41) is 13.6. The van der Waals surface area contributed by atoms with Crippen molar-refractivity contribution in [1.29, 1.82) is 0 Å². The van der Waals surface area contributed by atoms with Crippen LogP contribution >= 0.6 is 0 Å². The van der Waals surface area contributed by atoms with Crippen LogP contribution < -0.4 is 33.6 Å². The predicted octanol–water partition coefficient (Wildman–Crippen LogP) is -4.62. The van der Waals surface area contributed by atoms with Gasteiger partial charge in [-0.25, -0.2) is 4.79 Å². The maximum atomic E-state index is 13.0. The Hall–Kier alpha value is -3.75. The maximum absolute atomic E-state index is 13.0. The molecule has 15 nitrogen and oxygen atoms in total. The summed E-state index contributed by atoms with van der Waals surface area (Å²) in [5.41, 5.74) is 20.9. The van der Waals surface area contributed by atoms with Crippen LogP contribution in [-0.2, 0) is 33.6 Å². The average Bonchev–Trinajstić information content (AvgIpc) is 3.19. The molecular formula is C18H29N7O8. The molecule has 0 radical (unpaired) electrons. The van der Waals surface area contributed by atoms with Crippen LogP contribution in [-0.4, -0.2) is 82.1 Å². The average molecular weight is 471 g/mol. The molecule has 0 aromatic heterocycles. The van der Waals surface area contributed by atoms with E-state index < -0.39 is 78.4 Å². The summed E-state index contributed by atoms with van der Waals surface area (Å²) in [6, 6.07) is -5.33. The molecule has 0 bridgehead atoms. The van der Waals surface area contributed by atoms with Gasteiger partial charge in [-0.05, 0) is 19.3 Å². The van der Waals surface area contributed by atoms with Crippen molar-refractivity contribution < 1.29 is 38.7 Å². The molecule has 15 heteroatoms. The van der Waals surface area contributed by atoms with E-state index in [1.807, 2.05) is 0 Å². The Balaban J connectivity index is 2.95. The first kappa shape index (κ1) is 27.3. The third-order valence-electron chi connectivity index (χ3n) is 4.92. The molecule has 11 N–H and O–H groups in total. The van der Waals surface area contributed by atoms with Crippen molar-refractivity contribution in [3.05, 3.63) is 0 Å². The largest absolute Gasteiger partial charge is 0.480 e. The molecule has 1 rings (SSSR count). The fourth-order valence-corrected chi connectivity index (χ4v) is 3.28. The van der Waals surface area contributed by atoms with E-state index in [1.54, 1.807) is 0 Å². The zero-order chi connectivity index (χ0) is 25.3. The Labute approximate surface area is 188 Å². The van der Waals surface area contributed by atoms with Crippen molar-refractivity contribution >= 4 is 41.4 Å². The number of aliphatic carboxylic acids is 1. The highest BCUT2D eigenvalue weighted by Gasteiger charge is 2.39. The molecule has 1 aliphatic rings. The standard InChI is InChI=1S/C18H29N7O8/c19-8(3-4-12(20)26)15(29)23-9(6-13(21)27)17(31)25-5-1-2-11(25)16(30)24-10(18(32)33)7-14(22)28/h8-11H,1-7,19H2,(H2,20,26)(H2,21,27)(H2,22,28)(H,23,29)(H,24,30)(H,32,33). The molecular weight excluding hydrogens is 442 g/mol. The molecule has 1 fully saturated rings. The first-order valence-electron chi connectivity index (χ1n) is 10.1. The van der Waals surface area contributed by atoms with Gasteiger partial charge in [-0.2, -0.15) is 0 Å². The first-order chi connectivity index (χ1) is 15.3.